The van der Waals surface area contributed by atoms with Crippen molar-refractivity contribution in [2.75, 3.05) is 18.9 Å². The van der Waals surface area contributed by atoms with Crippen molar-refractivity contribution in [1.82, 2.24) is 13.9 Å². The number of rotatable bonds is 4. The number of anilines is 1. The molecule has 0 saturated heterocycles. The monoisotopic (exact) mass is 306 g/mol. The number of hydrogen-bond donors (Lipinski definition) is 1. The first-order valence-corrected chi connectivity index (χ1v) is 8.22. The minimum absolute atomic E-state index is 0.246. The Morgan fingerprint density at radius 3 is 2.95 bits per heavy atom. The van der Waals surface area contributed by atoms with Crippen LogP contribution < -0.4 is 5.32 Å². The Kier molecular flexibility index (Phi) is 3.46. The van der Waals surface area contributed by atoms with Gasteiger partial charge in [-0.2, -0.15) is 4.31 Å². The molecule has 3 rings (SSSR count). The van der Waals surface area contributed by atoms with Gasteiger partial charge < -0.3 is 9.88 Å². The summed E-state index contributed by atoms with van der Waals surface area (Å²) >= 11 is 0. The van der Waals surface area contributed by atoms with Crippen LogP contribution in [0.15, 0.2) is 35.5 Å². The van der Waals surface area contributed by atoms with Gasteiger partial charge in [0.05, 0.1) is 11.4 Å². The van der Waals surface area contributed by atoms with Crippen molar-refractivity contribution >= 4 is 15.7 Å². The average molecular weight is 306 g/mol. The van der Waals surface area contributed by atoms with E-state index in [-0.39, 0.29) is 6.54 Å². The van der Waals surface area contributed by atoms with E-state index in [1.807, 2.05) is 17.7 Å². The molecule has 0 radical (unpaired) electrons. The molecule has 0 fully saturated rings. The Hall–Kier alpha value is -1.86. The van der Waals surface area contributed by atoms with E-state index < -0.39 is 10.0 Å². The Morgan fingerprint density at radius 1 is 1.43 bits per heavy atom. The standard InChI is InChI=1S/C14H18N4O2S/c1-17-8-7-16-14(17)10-18(2)21(19,20)12-4-3-11-5-6-15-13(11)9-12/h3-4,7-9,15H,5-6,10H2,1-2H3. The molecule has 21 heavy (non-hydrogen) atoms. The molecule has 6 nitrogen and oxygen atoms in total. The third-order valence-corrected chi connectivity index (χ3v) is 5.58. The highest BCUT2D eigenvalue weighted by atomic mass is 32.2. The van der Waals surface area contributed by atoms with Crippen LogP contribution in [0.2, 0.25) is 0 Å². The van der Waals surface area contributed by atoms with E-state index in [0.717, 1.165) is 18.7 Å². The van der Waals surface area contributed by atoms with Gasteiger partial charge in [-0.15, -0.1) is 0 Å². The summed E-state index contributed by atoms with van der Waals surface area (Å²) in [6.45, 7) is 1.11. The maximum atomic E-state index is 12.6. The van der Waals surface area contributed by atoms with E-state index in [1.54, 1.807) is 31.6 Å². The molecule has 1 aliphatic rings. The van der Waals surface area contributed by atoms with Crippen LogP contribution in [0, 0.1) is 0 Å². The largest absolute Gasteiger partial charge is 0.384 e. The van der Waals surface area contributed by atoms with Crippen LogP contribution in [0.4, 0.5) is 5.69 Å². The summed E-state index contributed by atoms with van der Waals surface area (Å²) in [6, 6.07) is 5.28. The van der Waals surface area contributed by atoms with Gasteiger partial charge in [0.2, 0.25) is 10.0 Å². The van der Waals surface area contributed by atoms with E-state index >= 15 is 0 Å². The highest BCUT2D eigenvalue weighted by molar-refractivity contribution is 7.89. The second kappa shape index (κ2) is 5.16. The van der Waals surface area contributed by atoms with Crippen LogP contribution in [0.1, 0.15) is 11.4 Å². The predicted molar refractivity (Wildman–Crippen MR) is 80.5 cm³/mol. The van der Waals surface area contributed by atoms with Crippen molar-refractivity contribution < 1.29 is 8.42 Å². The SMILES string of the molecule is CN(Cc1nccn1C)S(=O)(=O)c1ccc2c(c1)NCC2. The summed E-state index contributed by atoms with van der Waals surface area (Å²) < 4.78 is 28.4. The Labute approximate surface area is 124 Å². The van der Waals surface area contributed by atoms with Crippen LogP contribution in [0.3, 0.4) is 0 Å². The van der Waals surface area contributed by atoms with Crippen molar-refractivity contribution in [1.29, 1.82) is 0 Å². The Morgan fingerprint density at radius 2 is 2.24 bits per heavy atom. The molecule has 1 aromatic carbocycles. The summed E-state index contributed by atoms with van der Waals surface area (Å²) in [5, 5.41) is 3.21. The van der Waals surface area contributed by atoms with Gasteiger partial charge in [-0.05, 0) is 24.1 Å². The Balaban J connectivity index is 1.87. The Bertz CT molecular complexity index is 767. The average Bonchev–Trinajstić information content (AvgIpc) is 3.07. The number of fused-ring (bicyclic) bond motifs is 1. The predicted octanol–water partition coefficient (Wildman–Crippen LogP) is 1.21. The van der Waals surface area contributed by atoms with Crippen LogP contribution in [0.25, 0.3) is 0 Å². The molecular weight excluding hydrogens is 288 g/mol. The summed E-state index contributed by atoms with van der Waals surface area (Å²) in [5.74, 6) is 0.709. The molecule has 0 bridgehead atoms. The van der Waals surface area contributed by atoms with E-state index in [9.17, 15) is 8.42 Å². The number of nitrogens with zero attached hydrogens (tertiary/aromatic N) is 3. The normalized spacial score (nSPS) is 14.2. The van der Waals surface area contributed by atoms with Crippen molar-refractivity contribution in [3.8, 4) is 0 Å². The molecular formula is C14H18N4O2S. The molecule has 2 heterocycles. The summed E-state index contributed by atoms with van der Waals surface area (Å²) in [6.07, 6.45) is 4.41. The highest BCUT2D eigenvalue weighted by Gasteiger charge is 2.24. The second-order valence-corrected chi connectivity index (χ2v) is 7.26. The van der Waals surface area contributed by atoms with Crippen LogP contribution in [-0.2, 0) is 30.0 Å². The molecule has 112 valence electrons. The zero-order chi connectivity index (χ0) is 15.0. The summed E-state index contributed by atoms with van der Waals surface area (Å²) in [4.78, 5) is 4.48. The lowest BCUT2D eigenvalue weighted by atomic mass is 10.2. The second-order valence-electron chi connectivity index (χ2n) is 5.21. The maximum Gasteiger partial charge on any atom is 0.243 e. The summed E-state index contributed by atoms with van der Waals surface area (Å²) in [7, 11) is -0.0900. The lowest BCUT2D eigenvalue weighted by Gasteiger charge is -2.17. The lowest BCUT2D eigenvalue weighted by molar-refractivity contribution is 0.451. The first-order valence-electron chi connectivity index (χ1n) is 6.78. The first kappa shape index (κ1) is 14.1. The lowest BCUT2D eigenvalue weighted by Crippen LogP contribution is -2.27. The molecule has 7 heteroatoms. The molecule has 0 amide bonds. The van der Waals surface area contributed by atoms with Gasteiger partial charge in [-0.25, -0.2) is 13.4 Å². The van der Waals surface area contributed by atoms with Gasteiger partial charge in [0, 0.05) is 38.7 Å². The fourth-order valence-corrected chi connectivity index (χ4v) is 3.60. The third kappa shape index (κ3) is 2.54. The molecule has 1 aromatic heterocycles. The number of hydrogen-bond acceptors (Lipinski definition) is 4. The van der Waals surface area contributed by atoms with Crippen LogP contribution >= 0.6 is 0 Å². The van der Waals surface area contributed by atoms with Gasteiger partial charge >= 0.3 is 0 Å². The number of aryl methyl sites for hydroxylation is 1. The molecule has 1 N–H and O–H groups in total. The van der Waals surface area contributed by atoms with Crippen molar-refractivity contribution in [3.05, 3.63) is 42.0 Å². The van der Waals surface area contributed by atoms with Gasteiger partial charge in [0.25, 0.3) is 0 Å². The first-order chi connectivity index (χ1) is 9.98. The van der Waals surface area contributed by atoms with Crippen molar-refractivity contribution in [3.63, 3.8) is 0 Å². The smallest absolute Gasteiger partial charge is 0.243 e. The number of nitrogens with one attached hydrogen (secondary N) is 1. The van der Waals surface area contributed by atoms with Crippen LogP contribution in [0.5, 0.6) is 0 Å². The molecule has 1 aliphatic heterocycles. The number of sulfonamides is 1. The van der Waals surface area contributed by atoms with Gasteiger partial charge in [-0.1, -0.05) is 6.07 Å². The zero-order valence-corrected chi connectivity index (χ0v) is 12.9. The maximum absolute atomic E-state index is 12.6. The topological polar surface area (TPSA) is 67.2 Å². The minimum Gasteiger partial charge on any atom is -0.384 e. The van der Waals surface area contributed by atoms with Crippen molar-refractivity contribution in [2.24, 2.45) is 7.05 Å². The number of aromatic nitrogens is 2. The quantitative estimate of drug-likeness (QED) is 0.922. The van der Waals surface area contributed by atoms with E-state index in [1.165, 1.54) is 9.87 Å². The van der Waals surface area contributed by atoms with Crippen LogP contribution in [-0.4, -0.2) is 35.9 Å². The van der Waals surface area contributed by atoms with E-state index in [0.29, 0.717) is 10.7 Å². The fraction of sp³-hybridized carbons (Fsp3) is 0.357. The van der Waals surface area contributed by atoms with E-state index in [4.69, 9.17) is 0 Å². The number of imidazole rings is 1. The molecule has 0 unspecified atom stereocenters. The van der Waals surface area contributed by atoms with Gasteiger partial charge in [-0.3, -0.25) is 0 Å². The molecule has 0 aliphatic carbocycles. The third-order valence-electron chi connectivity index (χ3n) is 3.78. The van der Waals surface area contributed by atoms with E-state index in [2.05, 4.69) is 10.3 Å². The molecule has 0 atom stereocenters. The molecule has 2 aromatic rings. The van der Waals surface area contributed by atoms with Crippen molar-refractivity contribution in [2.45, 2.75) is 17.9 Å². The zero-order valence-electron chi connectivity index (χ0n) is 12.1. The summed E-state index contributed by atoms with van der Waals surface area (Å²) in [5.41, 5.74) is 2.09. The van der Waals surface area contributed by atoms with Gasteiger partial charge in [0.15, 0.2) is 0 Å². The van der Waals surface area contributed by atoms with Gasteiger partial charge in [0.1, 0.15) is 5.82 Å². The molecule has 0 spiro atoms. The minimum atomic E-state index is -3.51. The highest BCUT2D eigenvalue weighted by Crippen LogP contribution is 2.27. The number of benzene rings is 1. The molecule has 0 saturated carbocycles. The fourth-order valence-electron chi connectivity index (χ4n) is 2.44.